The van der Waals surface area contributed by atoms with Crippen LogP contribution < -0.4 is 0 Å². The van der Waals surface area contributed by atoms with Gasteiger partial charge in [-0.1, -0.05) is 37.8 Å². The third kappa shape index (κ3) is 1.26. The van der Waals surface area contributed by atoms with E-state index in [0.29, 0.717) is 0 Å². The molecule has 0 heteroatoms. The predicted molar refractivity (Wildman–Crippen MR) is 55.4 cm³/mol. The lowest BCUT2D eigenvalue weighted by Gasteiger charge is -2.30. The molecule has 3 aliphatic rings. The topological polar surface area (TPSA) is 0 Å². The molecule has 2 saturated carbocycles. The minimum absolute atomic E-state index is 0.994. The molecule has 4 atom stereocenters. The number of rotatable bonds is 0. The Morgan fingerprint density at radius 2 is 1.23 bits per heavy atom. The molecule has 0 spiro atoms. The molecule has 2 bridgehead atoms. The van der Waals surface area contributed by atoms with Crippen molar-refractivity contribution in [1.29, 1.82) is 0 Å². The molecule has 0 nitrogen and oxygen atoms in total. The van der Waals surface area contributed by atoms with Gasteiger partial charge in [-0.2, -0.15) is 0 Å². The molecular formula is C13H20. The van der Waals surface area contributed by atoms with Crippen molar-refractivity contribution in [2.24, 2.45) is 23.7 Å². The first kappa shape index (κ1) is 8.08. The summed E-state index contributed by atoms with van der Waals surface area (Å²) in [5.74, 6) is 4.17. The molecule has 0 aromatic heterocycles. The van der Waals surface area contributed by atoms with E-state index in [1.165, 1.54) is 44.9 Å². The highest BCUT2D eigenvalue weighted by molar-refractivity contribution is 5.13. The fourth-order valence-corrected chi connectivity index (χ4v) is 4.00. The van der Waals surface area contributed by atoms with Gasteiger partial charge in [-0.05, 0) is 42.9 Å². The average molecular weight is 176 g/mol. The Balaban J connectivity index is 1.79. The molecule has 0 aromatic rings. The lowest BCUT2D eigenvalue weighted by Crippen LogP contribution is -2.20. The van der Waals surface area contributed by atoms with E-state index in [1.807, 2.05) is 0 Å². The van der Waals surface area contributed by atoms with Crippen molar-refractivity contribution in [2.45, 2.75) is 44.9 Å². The molecule has 3 aliphatic carbocycles. The standard InChI is InChI=1S/C13H20/c1-2-4-6-13-11-8-7-10(9-11)12(13)5-3-1/h7-8,10-13H,1-6,9H2/t10-,11+,12-,13+. The van der Waals surface area contributed by atoms with Crippen molar-refractivity contribution in [3.05, 3.63) is 12.2 Å². The SMILES string of the molecule is C1=C[C@H]2C[C@@H]1[C@H]1CCCCCC[C@H]12. The van der Waals surface area contributed by atoms with Gasteiger partial charge < -0.3 is 0 Å². The van der Waals surface area contributed by atoms with Crippen LogP contribution in [0.5, 0.6) is 0 Å². The van der Waals surface area contributed by atoms with Crippen LogP contribution in [-0.2, 0) is 0 Å². The molecule has 0 N–H and O–H groups in total. The molecule has 0 saturated heterocycles. The van der Waals surface area contributed by atoms with Crippen molar-refractivity contribution in [1.82, 2.24) is 0 Å². The van der Waals surface area contributed by atoms with Crippen LogP contribution in [0.25, 0.3) is 0 Å². The van der Waals surface area contributed by atoms with Crippen LogP contribution in [0.1, 0.15) is 44.9 Å². The first-order valence-corrected chi connectivity index (χ1v) is 6.13. The zero-order valence-corrected chi connectivity index (χ0v) is 8.41. The number of hydrogen-bond donors (Lipinski definition) is 0. The number of hydrogen-bond acceptors (Lipinski definition) is 0. The van der Waals surface area contributed by atoms with Crippen LogP contribution in [0.2, 0.25) is 0 Å². The highest BCUT2D eigenvalue weighted by Crippen LogP contribution is 2.52. The van der Waals surface area contributed by atoms with Gasteiger partial charge in [0.1, 0.15) is 0 Å². The summed E-state index contributed by atoms with van der Waals surface area (Å²) >= 11 is 0. The van der Waals surface area contributed by atoms with Gasteiger partial charge in [0.2, 0.25) is 0 Å². The van der Waals surface area contributed by atoms with Crippen LogP contribution >= 0.6 is 0 Å². The minimum Gasteiger partial charge on any atom is -0.0848 e. The summed E-state index contributed by atoms with van der Waals surface area (Å²) in [5.41, 5.74) is 0. The van der Waals surface area contributed by atoms with Crippen molar-refractivity contribution in [3.63, 3.8) is 0 Å². The Hall–Kier alpha value is -0.260. The van der Waals surface area contributed by atoms with Crippen molar-refractivity contribution in [3.8, 4) is 0 Å². The second-order valence-corrected chi connectivity index (χ2v) is 5.27. The largest absolute Gasteiger partial charge is 0.0848 e. The molecule has 0 aromatic carbocycles. The van der Waals surface area contributed by atoms with E-state index in [9.17, 15) is 0 Å². The quantitative estimate of drug-likeness (QED) is 0.493. The van der Waals surface area contributed by atoms with Gasteiger partial charge in [-0.3, -0.25) is 0 Å². The van der Waals surface area contributed by atoms with E-state index in [0.717, 1.165) is 23.7 Å². The van der Waals surface area contributed by atoms with E-state index in [1.54, 1.807) is 0 Å². The summed E-state index contributed by atoms with van der Waals surface area (Å²) in [6, 6.07) is 0. The van der Waals surface area contributed by atoms with Crippen LogP contribution in [-0.4, -0.2) is 0 Å². The Labute approximate surface area is 81.4 Å². The summed E-state index contributed by atoms with van der Waals surface area (Å²) in [5, 5.41) is 0. The third-order valence-corrected chi connectivity index (χ3v) is 4.62. The molecule has 72 valence electrons. The molecule has 0 amide bonds. The summed E-state index contributed by atoms with van der Waals surface area (Å²) in [6.45, 7) is 0. The molecule has 13 heavy (non-hydrogen) atoms. The zero-order chi connectivity index (χ0) is 8.67. The monoisotopic (exact) mass is 176 g/mol. The average Bonchev–Trinajstić information content (AvgIpc) is 2.62. The van der Waals surface area contributed by atoms with Gasteiger partial charge in [0.15, 0.2) is 0 Å². The minimum atomic E-state index is 0.994. The maximum Gasteiger partial charge on any atom is -0.0196 e. The fourth-order valence-electron chi connectivity index (χ4n) is 4.00. The van der Waals surface area contributed by atoms with Gasteiger partial charge in [0.05, 0.1) is 0 Å². The van der Waals surface area contributed by atoms with Crippen molar-refractivity contribution >= 4 is 0 Å². The van der Waals surface area contributed by atoms with Crippen molar-refractivity contribution in [2.75, 3.05) is 0 Å². The smallest absolute Gasteiger partial charge is 0.0196 e. The van der Waals surface area contributed by atoms with Crippen molar-refractivity contribution < 1.29 is 0 Å². The predicted octanol–water partition coefficient (Wildman–Crippen LogP) is 3.78. The first-order chi connectivity index (χ1) is 6.45. The van der Waals surface area contributed by atoms with Crippen LogP contribution in [0.4, 0.5) is 0 Å². The van der Waals surface area contributed by atoms with Gasteiger partial charge in [0.25, 0.3) is 0 Å². The molecule has 0 aliphatic heterocycles. The van der Waals surface area contributed by atoms with Crippen LogP contribution in [0.15, 0.2) is 12.2 Å². The summed E-state index contributed by atoms with van der Waals surface area (Å²) in [6.07, 6.45) is 15.7. The van der Waals surface area contributed by atoms with Gasteiger partial charge in [0, 0.05) is 0 Å². The van der Waals surface area contributed by atoms with Gasteiger partial charge in [-0.25, -0.2) is 0 Å². The zero-order valence-electron chi connectivity index (χ0n) is 8.41. The highest BCUT2D eigenvalue weighted by Gasteiger charge is 2.43. The molecule has 3 rings (SSSR count). The Kier molecular flexibility index (Phi) is 1.96. The lowest BCUT2D eigenvalue weighted by atomic mass is 9.76. The molecular weight excluding hydrogens is 156 g/mol. The molecule has 0 unspecified atom stereocenters. The van der Waals surface area contributed by atoms with E-state index in [4.69, 9.17) is 0 Å². The number of fused-ring (bicyclic) bond motifs is 5. The third-order valence-electron chi connectivity index (χ3n) is 4.62. The summed E-state index contributed by atoms with van der Waals surface area (Å²) in [4.78, 5) is 0. The van der Waals surface area contributed by atoms with E-state index in [-0.39, 0.29) is 0 Å². The Morgan fingerprint density at radius 1 is 0.692 bits per heavy atom. The van der Waals surface area contributed by atoms with Gasteiger partial charge >= 0.3 is 0 Å². The van der Waals surface area contributed by atoms with Crippen LogP contribution in [0.3, 0.4) is 0 Å². The van der Waals surface area contributed by atoms with E-state index < -0.39 is 0 Å². The van der Waals surface area contributed by atoms with Crippen LogP contribution in [0, 0.1) is 23.7 Å². The Bertz CT molecular complexity index is 194. The lowest BCUT2D eigenvalue weighted by molar-refractivity contribution is 0.245. The molecule has 2 fully saturated rings. The van der Waals surface area contributed by atoms with Gasteiger partial charge in [-0.15, -0.1) is 0 Å². The first-order valence-electron chi connectivity index (χ1n) is 6.13. The molecule has 0 heterocycles. The summed E-state index contributed by atoms with van der Waals surface area (Å²) < 4.78 is 0. The second-order valence-electron chi connectivity index (χ2n) is 5.27. The normalized spacial score (nSPS) is 48.6. The molecule has 0 radical (unpaired) electrons. The van der Waals surface area contributed by atoms with E-state index in [2.05, 4.69) is 12.2 Å². The second kappa shape index (κ2) is 3.15. The maximum atomic E-state index is 2.52. The van der Waals surface area contributed by atoms with E-state index >= 15 is 0 Å². The number of allylic oxidation sites excluding steroid dienone is 2. The fraction of sp³-hybridized carbons (Fsp3) is 0.846. The summed E-state index contributed by atoms with van der Waals surface area (Å²) in [7, 11) is 0. The Morgan fingerprint density at radius 3 is 1.77 bits per heavy atom. The maximum absolute atomic E-state index is 2.52. The highest BCUT2D eigenvalue weighted by atomic mass is 14.5.